The Balaban J connectivity index is 1.87. The number of nitrogens with zero attached hydrogens (tertiary/aromatic N) is 1. The molecule has 0 spiro atoms. The second-order valence-corrected chi connectivity index (χ2v) is 6.77. The van der Waals surface area contributed by atoms with Crippen molar-refractivity contribution < 1.29 is 10.2 Å². The molecule has 0 aliphatic heterocycles. The highest BCUT2D eigenvalue weighted by Gasteiger charge is 2.24. The summed E-state index contributed by atoms with van der Waals surface area (Å²) in [5.74, 6) is 0.253. The van der Waals surface area contributed by atoms with Crippen LogP contribution in [-0.4, -0.2) is 26.3 Å². The molecule has 1 aliphatic carbocycles. The highest BCUT2D eigenvalue weighted by atomic mass is 16.3. The van der Waals surface area contributed by atoms with Gasteiger partial charge in [0.25, 0.3) is 0 Å². The molecule has 1 unspecified atom stereocenters. The average molecular weight is 330 g/mol. The highest BCUT2D eigenvalue weighted by Crippen LogP contribution is 2.38. The van der Waals surface area contributed by atoms with Crippen LogP contribution >= 0.6 is 0 Å². The summed E-state index contributed by atoms with van der Waals surface area (Å²) < 4.78 is 0. The number of nitrogens with one attached hydrogen (secondary N) is 1. The van der Waals surface area contributed by atoms with Gasteiger partial charge >= 0.3 is 0 Å². The van der Waals surface area contributed by atoms with Gasteiger partial charge in [-0.25, -0.2) is 0 Å². The summed E-state index contributed by atoms with van der Waals surface area (Å²) >= 11 is 0. The zero-order valence-electron chi connectivity index (χ0n) is 13.7. The first kappa shape index (κ1) is 14.5. The van der Waals surface area contributed by atoms with Gasteiger partial charge in [0.2, 0.25) is 0 Å². The van der Waals surface area contributed by atoms with E-state index in [9.17, 15) is 10.2 Å². The molecule has 3 N–H and O–H groups in total. The van der Waals surface area contributed by atoms with Crippen molar-refractivity contribution in [3.63, 3.8) is 0 Å². The van der Waals surface area contributed by atoms with Gasteiger partial charge in [0.1, 0.15) is 5.75 Å². The number of aryl methyl sites for hydroxylation is 1. The number of H-pyrrole nitrogens is 1. The normalized spacial score (nSPS) is 17.1. The zero-order chi connectivity index (χ0) is 17.0. The zero-order valence-corrected chi connectivity index (χ0v) is 13.7. The average Bonchev–Trinajstić information content (AvgIpc) is 3.10. The highest BCUT2D eigenvalue weighted by molar-refractivity contribution is 6.08. The van der Waals surface area contributed by atoms with Gasteiger partial charge in [-0.2, -0.15) is 0 Å². The third-order valence-electron chi connectivity index (χ3n) is 5.23. The maximum atomic E-state index is 10.3. The van der Waals surface area contributed by atoms with E-state index >= 15 is 0 Å². The fourth-order valence-electron chi connectivity index (χ4n) is 4.05. The Morgan fingerprint density at radius 3 is 2.68 bits per heavy atom. The fourth-order valence-corrected chi connectivity index (χ4v) is 4.05. The van der Waals surface area contributed by atoms with Crippen molar-refractivity contribution in [2.75, 3.05) is 0 Å². The minimum Gasteiger partial charge on any atom is -0.508 e. The van der Waals surface area contributed by atoms with Crippen molar-refractivity contribution in [3.05, 3.63) is 59.8 Å². The van der Waals surface area contributed by atoms with Crippen molar-refractivity contribution in [2.45, 2.75) is 25.4 Å². The van der Waals surface area contributed by atoms with Crippen molar-refractivity contribution in [2.24, 2.45) is 0 Å². The number of aromatic amines is 1. The van der Waals surface area contributed by atoms with E-state index in [0.29, 0.717) is 6.42 Å². The van der Waals surface area contributed by atoms with Crippen molar-refractivity contribution >= 4 is 21.8 Å². The van der Waals surface area contributed by atoms with Crippen LogP contribution < -0.4 is 0 Å². The Bertz CT molecular complexity index is 1100. The predicted octanol–water partition coefficient (Wildman–Crippen LogP) is 3.94. The quantitative estimate of drug-likeness (QED) is 0.495. The number of pyridine rings is 1. The smallest absolute Gasteiger partial charge is 0.115 e. The minimum absolute atomic E-state index is 0.253. The maximum absolute atomic E-state index is 10.3. The van der Waals surface area contributed by atoms with Crippen molar-refractivity contribution in [3.8, 4) is 17.0 Å². The Morgan fingerprint density at radius 1 is 1.00 bits per heavy atom. The number of aromatic nitrogens is 2. The molecule has 5 rings (SSSR count). The molecule has 2 aromatic heterocycles. The number of aromatic hydroxyl groups is 1. The second-order valence-electron chi connectivity index (χ2n) is 6.77. The summed E-state index contributed by atoms with van der Waals surface area (Å²) in [6, 6.07) is 13.4. The monoisotopic (exact) mass is 330 g/mol. The molecule has 25 heavy (non-hydrogen) atoms. The van der Waals surface area contributed by atoms with Gasteiger partial charge in [0.05, 0.1) is 11.6 Å². The summed E-state index contributed by atoms with van der Waals surface area (Å²) in [6.07, 6.45) is 3.82. The Hall–Kier alpha value is -2.85. The Labute approximate surface area is 144 Å². The largest absolute Gasteiger partial charge is 0.508 e. The summed E-state index contributed by atoms with van der Waals surface area (Å²) in [7, 11) is 0. The predicted molar refractivity (Wildman–Crippen MR) is 98.7 cm³/mol. The summed E-state index contributed by atoms with van der Waals surface area (Å²) in [6.45, 7) is 0. The first-order valence-corrected chi connectivity index (χ1v) is 8.59. The topological polar surface area (TPSA) is 69.1 Å². The number of aliphatic hydroxyl groups is 1. The molecule has 0 saturated carbocycles. The van der Waals surface area contributed by atoms with E-state index in [-0.39, 0.29) is 11.9 Å². The third kappa shape index (κ3) is 2.22. The standard InChI is InChI=1S/C21H18N2O2/c24-13-3-1-12(2-4-13)21-17-11-14(25)5-6-15(17)20-16-9-10-22-18(16)7-8-19(20)23-21/h1-4,7-10,14,23-25H,5-6,11H2. The van der Waals surface area contributed by atoms with Crippen LogP contribution in [0, 0.1) is 0 Å². The molecule has 124 valence electrons. The molecule has 4 aromatic rings. The molecule has 0 fully saturated rings. The Kier molecular flexibility index (Phi) is 3.09. The van der Waals surface area contributed by atoms with Gasteiger partial charge in [-0.1, -0.05) is 0 Å². The van der Waals surface area contributed by atoms with E-state index in [0.717, 1.165) is 35.1 Å². The number of rotatable bonds is 1. The lowest BCUT2D eigenvalue weighted by Crippen LogP contribution is -2.20. The lowest BCUT2D eigenvalue weighted by molar-refractivity contribution is 0.159. The molecular weight excluding hydrogens is 312 g/mol. The third-order valence-corrected chi connectivity index (χ3v) is 5.23. The van der Waals surface area contributed by atoms with Gasteiger partial charge in [-0.15, -0.1) is 0 Å². The molecule has 0 saturated heterocycles. The SMILES string of the molecule is Oc1ccc(-c2[nH]c3ccc4nccc4c3c3c2CC(O)CC3)cc1. The minimum atomic E-state index is -0.314. The number of phenols is 1. The number of phenolic OH excluding ortho intramolecular Hbond substituents is 1. The first-order valence-electron chi connectivity index (χ1n) is 8.59. The van der Waals surface area contributed by atoms with Crippen LogP contribution in [0.2, 0.25) is 0 Å². The molecule has 0 bridgehead atoms. The fraction of sp³-hybridized carbons (Fsp3) is 0.190. The van der Waals surface area contributed by atoms with Crippen molar-refractivity contribution in [1.29, 1.82) is 0 Å². The van der Waals surface area contributed by atoms with Gasteiger partial charge in [0, 0.05) is 34.6 Å². The maximum Gasteiger partial charge on any atom is 0.115 e. The van der Waals surface area contributed by atoms with Crippen LogP contribution in [0.3, 0.4) is 0 Å². The molecule has 1 atom stereocenters. The molecule has 0 amide bonds. The lowest BCUT2D eigenvalue weighted by atomic mass is 9.84. The summed E-state index contributed by atoms with van der Waals surface area (Å²) in [5.41, 5.74) is 6.61. The number of benzene rings is 2. The van der Waals surface area contributed by atoms with E-state index in [1.807, 2.05) is 24.4 Å². The molecule has 1 aliphatic rings. The van der Waals surface area contributed by atoms with Crippen LogP contribution in [0.5, 0.6) is 5.75 Å². The number of hydrogen-bond donors (Lipinski definition) is 3. The number of aliphatic hydroxyl groups excluding tert-OH is 1. The number of fused-ring (bicyclic) bond motifs is 5. The second kappa shape index (κ2) is 5.33. The van der Waals surface area contributed by atoms with Gasteiger partial charge in [0.15, 0.2) is 0 Å². The molecular formula is C21H18N2O2. The van der Waals surface area contributed by atoms with Crippen LogP contribution in [0.25, 0.3) is 33.1 Å². The lowest BCUT2D eigenvalue weighted by Gasteiger charge is -2.26. The Morgan fingerprint density at radius 2 is 1.84 bits per heavy atom. The summed E-state index contributed by atoms with van der Waals surface area (Å²) in [4.78, 5) is 8.00. The van der Waals surface area contributed by atoms with E-state index < -0.39 is 0 Å². The van der Waals surface area contributed by atoms with E-state index in [4.69, 9.17) is 0 Å². The van der Waals surface area contributed by atoms with Crippen LogP contribution in [0.4, 0.5) is 0 Å². The van der Waals surface area contributed by atoms with E-state index in [2.05, 4.69) is 22.1 Å². The van der Waals surface area contributed by atoms with E-state index in [1.54, 1.807) is 12.1 Å². The number of hydrogen-bond acceptors (Lipinski definition) is 3. The van der Waals surface area contributed by atoms with Crippen LogP contribution in [0.15, 0.2) is 48.7 Å². The molecule has 4 nitrogen and oxygen atoms in total. The molecule has 2 heterocycles. The van der Waals surface area contributed by atoms with Crippen LogP contribution in [-0.2, 0) is 12.8 Å². The van der Waals surface area contributed by atoms with Gasteiger partial charge < -0.3 is 15.2 Å². The summed E-state index contributed by atoms with van der Waals surface area (Å²) in [5, 5.41) is 22.2. The van der Waals surface area contributed by atoms with Crippen LogP contribution in [0.1, 0.15) is 17.5 Å². The van der Waals surface area contributed by atoms with E-state index in [1.165, 1.54) is 21.9 Å². The van der Waals surface area contributed by atoms with Gasteiger partial charge in [-0.05, 0) is 72.0 Å². The molecule has 4 heteroatoms. The van der Waals surface area contributed by atoms with Gasteiger partial charge in [-0.3, -0.25) is 4.98 Å². The molecule has 2 aromatic carbocycles. The molecule has 0 radical (unpaired) electrons. The first-order chi connectivity index (χ1) is 12.2. The van der Waals surface area contributed by atoms with Crippen molar-refractivity contribution in [1.82, 2.24) is 9.97 Å².